The van der Waals surface area contributed by atoms with Crippen LogP contribution in [0.4, 0.5) is 0 Å². The monoisotopic (exact) mass is 1180 g/mol. The predicted molar refractivity (Wildman–Crippen MR) is 333 cm³/mol. The van der Waals surface area contributed by atoms with Crippen LogP contribution in [0.1, 0.15) is 254 Å². The van der Waals surface area contributed by atoms with Crippen molar-refractivity contribution in [1.29, 1.82) is 0 Å². The van der Waals surface area contributed by atoms with Crippen molar-refractivity contribution in [2.24, 2.45) is 46.3 Å². The number of fused-ring (bicyclic) bond motifs is 5. The molecule has 16 nitrogen and oxygen atoms in total. The van der Waals surface area contributed by atoms with Crippen molar-refractivity contribution in [3.63, 3.8) is 0 Å². The van der Waals surface area contributed by atoms with Gasteiger partial charge in [-0.05, 0) is 124 Å². The topological polar surface area (TPSA) is 190 Å². The molecule has 4 saturated carbocycles. The molecule has 4 fully saturated rings. The number of nitrogens with one attached hydrogen (secondary N) is 2. The van der Waals surface area contributed by atoms with Crippen LogP contribution >= 0.6 is 0 Å². The zero-order valence-electron chi connectivity index (χ0n) is 54.6. The molecule has 0 aromatic rings. The molecule has 484 valence electrons. The Hall–Kier alpha value is -3.79. The van der Waals surface area contributed by atoms with E-state index in [-0.39, 0.29) is 97.8 Å². The first-order valence-electron chi connectivity index (χ1n) is 34.3. The van der Waals surface area contributed by atoms with Gasteiger partial charge in [0.05, 0.1) is 0 Å². The van der Waals surface area contributed by atoms with E-state index >= 15 is 0 Å². The van der Waals surface area contributed by atoms with Crippen LogP contribution in [0.3, 0.4) is 0 Å². The molecule has 0 aliphatic heterocycles. The van der Waals surface area contributed by atoms with Gasteiger partial charge in [-0.3, -0.25) is 33.6 Å². The van der Waals surface area contributed by atoms with E-state index < -0.39 is 29.9 Å². The summed E-state index contributed by atoms with van der Waals surface area (Å²) in [5.41, 5.74) is -0.419. The van der Waals surface area contributed by atoms with Gasteiger partial charge in [0.2, 0.25) is 29.5 Å². The van der Waals surface area contributed by atoms with E-state index in [2.05, 4.69) is 64.0 Å². The van der Waals surface area contributed by atoms with E-state index in [0.29, 0.717) is 44.2 Å². The normalized spacial score (nSPS) is 24.7. The summed E-state index contributed by atoms with van der Waals surface area (Å²) >= 11 is 0. The van der Waals surface area contributed by atoms with Crippen LogP contribution in [0, 0.1) is 46.3 Å². The number of nitrogens with zero attached hydrogens (tertiary/aromatic N) is 3. The maximum atomic E-state index is 14.2. The van der Waals surface area contributed by atoms with Gasteiger partial charge in [0.25, 0.3) is 0 Å². The number of rotatable bonds is 44. The van der Waals surface area contributed by atoms with Crippen LogP contribution in [-0.4, -0.2) is 148 Å². The van der Waals surface area contributed by atoms with E-state index in [1.807, 2.05) is 0 Å². The van der Waals surface area contributed by atoms with Crippen LogP contribution < -0.4 is 10.6 Å². The molecule has 4 aliphatic carbocycles. The second kappa shape index (κ2) is 39.9. The highest BCUT2D eigenvalue weighted by Gasteiger charge is 2.65. The standard InChI is InChI=1S/C68H121N5O11/c1-10-14-18-22-26-30-42-73(43-31-27-23-19-15-11-2)62(76)37-32-52(5)56-35-36-57-55-34-33-53-44-54(83-65(79)46-69-60(74)48-81-50-63(77)71(8)40-28-24-20-16-12-3)38-39-67(53,6)58(55)45-59(68(56,57)7)84-66(80)47-70-61(75)49-82-51-64(78)72(9)41-29-25-21-17-13-4/h52-59H,10-51H2,1-9H3,(H,69,74)(H,70,75)/t52-,53-,54-,55+,56-,57+,58+,59+,67+,68-/m1/s1. The number of carbonyl (C=O) groups is 7. The van der Waals surface area contributed by atoms with Crippen LogP contribution in [0.25, 0.3) is 0 Å². The number of amides is 5. The fourth-order valence-corrected chi connectivity index (χ4v) is 15.3. The lowest BCUT2D eigenvalue weighted by atomic mass is 9.43. The van der Waals surface area contributed by atoms with Crippen molar-refractivity contribution in [2.45, 2.75) is 266 Å². The Labute approximate surface area is 509 Å². The van der Waals surface area contributed by atoms with Gasteiger partial charge in [0, 0.05) is 52.1 Å². The average Bonchev–Trinajstić information content (AvgIpc) is 1.68. The maximum absolute atomic E-state index is 14.2. The summed E-state index contributed by atoms with van der Waals surface area (Å²) < 4.78 is 23.7. The van der Waals surface area contributed by atoms with E-state index in [1.165, 1.54) is 64.2 Å². The Morgan fingerprint density at radius 1 is 0.512 bits per heavy atom. The molecule has 10 atom stereocenters. The molecule has 0 spiro atoms. The maximum Gasteiger partial charge on any atom is 0.325 e. The molecule has 4 aliphatic rings. The SMILES string of the molecule is CCCCCCCCN(CCCCCCCC)C(=O)CC[C@@H](C)[C@H]1CC[C@H]2[C@@H]3CC[C@@H]4C[C@H](OC(=O)CNC(=O)COCC(=O)N(C)CCCCCCC)CC[C@]4(C)[C@H]3C[C@H](OC(=O)CNC(=O)COCC(=O)N(C)CCCCCCC)[C@]12C. The van der Waals surface area contributed by atoms with Crippen LogP contribution in [-0.2, 0) is 52.5 Å². The minimum atomic E-state index is -0.496. The first-order valence-corrected chi connectivity index (χ1v) is 34.3. The van der Waals surface area contributed by atoms with E-state index in [4.69, 9.17) is 18.9 Å². The van der Waals surface area contributed by atoms with Crippen molar-refractivity contribution >= 4 is 41.5 Å². The molecule has 0 aromatic heterocycles. The van der Waals surface area contributed by atoms with Crippen LogP contribution in [0.2, 0.25) is 0 Å². The molecule has 2 N–H and O–H groups in total. The Balaban J connectivity index is 1.40. The molecule has 0 heterocycles. The highest BCUT2D eigenvalue weighted by atomic mass is 16.6. The Morgan fingerprint density at radius 2 is 0.976 bits per heavy atom. The Kier molecular flexibility index (Phi) is 34.5. The molecule has 4 rings (SSSR count). The van der Waals surface area contributed by atoms with Gasteiger partial charge in [0.1, 0.15) is 51.7 Å². The largest absolute Gasteiger partial charge is 0.461 e. The number of unbranched alkanes of at least 4 members (excludes halogenated alkanes) is 18. The third kappa shape index (κ3) is 24.1. The fourth-order valence-electron chi connectivity index (χ4n) is 15.3. The zero-order valence-corrected chi connectivity index (χ0v) is 54.6. The lowest BCUT2D eigenvalue weighted by Gasteiger charge is -2.62. The quantitative estimate of drug-likeness (QED) is 0.0436. The molecule has 0 aromatic carbocycles. The van der Waals surface area contributed by atoms with Crippen molar-refractivity contribution < 1.29 is 52.5 Å². The average molecular weight is 1180 g/mol. The number of likely N-dealkylation sites (N-methyl/N-ethyl adjacent to an activating group) is 2. The lowest BCUT2D eigenvalue weighted by Crippen LogP contribution is -2.60. The fraction of sp³-hybridized carbons (Fsp3) is 0.897. The molecule has 16 heteroatoms. The Morgan fingerprint density at radius 3 is 1.48 bits per heavy atom. The van der Waals surface area contributed by atoms with Crippen molar-refractivity contribution in [3.8, 4) is 0 Å². The molecule has 5 amide bonds. The molecule has 0 saturated heterocycles. The molecule has 84 heavy (non-hydrogen) atoms. The van der Waals surface area contributed by atoms with E-state index in [0.717, 1.165) is 135 Å². The van der Waals surface area contributed by atoms with E-state index in [1.54, 1.807) is 23.9 Å². The highest BCUT2D eigenvalue weighted by molar-refractivity contribution is 5.84. The Bertz CT molecular complexity index is 1940. The summed E-state index contributed by atoms with van der Waals surface area (Å²) in [5, 5.41) is 5.32. The summed E-state index contributed by atoms with van der Waals surface area (Å²) in [4.78, 5) is 97.9. The third-order valence-corrected chi connectivity index (χ3v) is 20.6. The summed E-state index contributed by atoms with van der Waals surface area (Å²) in [6.45, 7) is 17.2. The first-order chi connectivity index (χ1) is 40.4. The molecular weight excluding hydrogens is 1060 g/mol. The molecule has 0 unspecified atom stereocenters. The minimum Gasteiger partial charge on any atom is -0.461 e. The van der Waals surface area contributed by atoms with Crippen molar-refractivity contribution in [1.82, 2.24) is 25.3 Å². The lowest BCUT2D eigenvalue weighted by molar-refractivity contribution is -0.199. The second-order valence-electron chi connectivity index (χ2n) is 26.7. The zero-order chi connectivity index (χ0) is 61.3. The van der Waals surface area contributed by atoms with Crippen molar-refractivity contribution in [2.75, 3.05) is 79.8 Å². The van der Waals surface area contributed by atoms with Crippen LogP contribution in [0.5, 0.6) is 0 Å². The van der Waals surface area contributed by atoms with Gasteiger partial charge in [-0.2, -0.15) is 0 Å². The number of hydrogen-bond acceptors (Lipinski definition) is 11. The highest BCUT2D eigenvalue weighted by Crippen LogP contribution is 2.69. The van der Waals surface area contributed by atoms with Crippen molar-refractivity contribution in [3.05, 3.63) is 0 Å². The molecule has 0 bridgehead atoms. The summed E-state index contributed by atoms with van der Waals surface area (Å²) in [6.07, 6.45) is 33.0. The smallest absolute Gasteiger partial charge is 0.325 e. The molecule has 0 radical (unpaired) electrons. The predicted octanol–water partition coefficient (Wildman–Crippen LogP) is 12.2. The summed E-state index contributed by atoms with van der Waals surface area (Å²) in [6, 6.07) is 0. The third-order valence-electron chi connectivity index (χ3n) is 20.6. The van der Waals surface area contributed by atoms with Crippen LogP contribution in [0.15, 0.2) is 0 Å². The van der Waals surface area contributed by atoms with Gasteiger partial charge in [-0.15, -0.1) is 0 Å². The van der Waals surface area contributed by atoms with Gasteiger partial charge in [-0.1, -0.05) is 164 Å². The van der Waals surface area contributed by atoms with Gasteiger partial charge in [0.15, 0.2) is 0 Å². The second-order valence-corrected chi connectivity index (χ2v) is 26.7. The van der Waals surface area contributed by atoms with Gasteiger partial charge in [-0.25, -0.2) is 0 Å². The number of carbonyl (C=O) groups excluding carboxylic acids is 7. The van der Waals surface area contributed by atoms with E-state index in [9.17, 15) is 33.6 Å². The number of esters is 2. The summed E-state index contributed by atoms with van der Waals surface area (Å²) in [5.74, 6) is -0.299. The van der Waals surface area contributed by atoms with Gasteiger partial charge >= 0.3 is 11.9 Å². The first kappa shape index (κ1) is 72.7. The summed E-state index contributed by atoms with van der Waals surface area (Å²) in [7, 11) is 3.50. The molecular formula is C68H121N5O11. The van der Waals surface area contributed by atoms with Gasteiger partial charge < -0.3 is 44.3 Å². The number of hydrogen-bond donors (Lipinski definition) is 2. The number of ether oxygens (including phenoxy) is 4. The minimum absolute atomic E-state index is 0.0817.